The predicted octanol–water partition coefficient (Wildman–Crippen LogP) is -0.697. The summed E-state index contributed by atoms with van der Waals surface area (Å²) in [5.41, 5.74) is 0. The van der Waals surface area contributed by atoms with Crippen molar-refractivity contribution in [1.29, 1.82) is 0 Å². The molecular formula is C13H23N3O3. The fourth-order valence-corrected chi connectivity index (χ4v) is 2.67. The Morgan fingerprint density at radius 3 is 2.89 bits per heavy atom. The molecule has 0 radical (unpaired) electrons. The van der Waals surface area contributed by atoms with E-state index >= 15 is 0 Å². The van der Waals surface area contributed by atoms with E-state index < -0.39 is 0 Å². The molecule has 6 nitrogen and oxygen atoms in total. The van der Waals surface area contributed by atoms with Gasteiger partial charge in [0.1, 0.15) is 0 Å². The fraction of sp³-hybridized carbons (Fsp3) is 0.846. The Kier molecular flexibility index (Phi) is 5.15. The Hall–Kier alpha value is -1.14. The number of hydrogen-bond donors (Lipinski definition) is 1. The first kappa shape index (κ1) is 14.3. The average Bonchev–Trinajstić information content (AvgIpc) is 2.71. The molecule has 0 aromatic rings. The molecule has 6 heteroatoms. The molecule has 19 heavy (non-hydrogen) atoms. The summed E-state index contributed by atoms with van der Waals surface area (Å²) in [4.78, 5) is 27.7. The van der Waals surface area contributed by atoms with E-state index in [0.717, 1.165) is 45.8 Å². The summed E-state index contributed by atoms with van der Waals surface area (Å²) < 4.78 is 5.08. The molecule has 0 aliphatic carbocycles. The van der Waals surface area contributed by atoms with E-state index in [-0.39, 0.29) is 17.7 Å². The van der Waals surface area contributed by atoms with Crippen LogP contribution in [0.25, 0.3) is 0 Å². The second-order valence-corrected chi connectivity index (χ2v) is 5.22. The standard InChI is InChI=1S/C13H23N3O3/c1-19-8-7-15-3-2-4-16(6-5-15)13(18)11-9-12(17)14-10-11/h11H,2-10H2,1H3,(H,14,17). The number of amides is 2. The maximum Gasteiger partial charge on any atom is 0.228 e. The van der Waals surface area contributed by atoms with Gasteiger partial charge in [0, 0.05) is 46.3 Å². The minimum absolute atomic E-state index is 0.00473. The van der Waals surface area contributed by atoms with E-state index in [2.05, 4.69) is 10.2 Å². The fourth-order valence-electron chi connectivity index (χ4n) is 2.67. The van der Waals surface area contributed by atoms with Crippen LogP contribution in [0.5, 0.6) is 0 Å². The van der Waals surface area contributed by atoms with Crippen molar-refractivity contribution < 1.29 is 14.3 Å². The Morgan fingerprint density at radius 2 is 2.21 bits per heavy atom. The van der Waals surface area contributed by atoms with Crippen LogP contribution < -0.4 is 5.32 Å². The number of nitrogens with one attached hydrogen (secondary N) is 1. The highest BCUT2D eigenvalue weighted by atomic mass is 16.5. The van der Waals surface area contributed by atoms with Crippen LogP contribution in [0, 0.1) is 5.92 Å². The third kappa shape index (κ3) is 3.91. The minimum atomic E-state index is -0.155. The third-order valence-electron chi connectivity index (χ3n) is 3.84. The summed E-state index contributed by atoms with van der Waals surface area (Å²) in [6, 6.07) is 0. The van der Waals surface area contributed by atoms with Gasteiger partial charge in [-0.3, -0.25) is 14.5 Å². The first-order chi connectivity index (χ1) is 9.20. The van der Waals surface area contributed by atoms with Gasteiger partial charge in [-0.2, -0.15) is 0 Å². The van der Waals surface area contributed by atoms with Gasteiger partial charge in [0.15, 0.2) is 0 Å². The van der Waals surface area contributed by atoms with E-state index in [1.165, 1.54) is 0 Å². The van der Waals surface area contributed by atoms with Crippen LogP contribution in [0.4, 0.5) is 0 Å². The van der Waals surface area contributed by atoms with Gasteiger partial charge < -0.3 is 15.0 Å². The highest BCUT2D eigenvalue weighted by Crippen LogP contribution is 2.14. The van der Waals surface area contributed by atoms with Crippen molar-refractivity contribution in [3.05, 3.63) is 0 Å². The number of nitrogens with zero attached hydrogens (tertiary/aromatic N) is 2. The summed E-state index contributed by atoms with van der Waals surface area (Å²) in [5.74, 6) is -0.0279. The SMILES string of the molecule is COCCN1CCCN(C(=O)C2CNC(=O)C2)CC1. The maximum atomic E-state index is 12.3. The summed E-state index contributed by atoms with van der Waals surface area (Å²) in [5, 5.41) is 2.73. The topological polar surface area (TPSA) is 61.9 Å². The highest BCUT2D eigenvalue weighted by Gasteiger charge is 2.31. The third-order valence-corrected chi connectivity index (χ3v) is 3.84. The first-order valence-corrected chi connectivity index (χ1v) is 6.97. The van der Waals surface area contributed by atoms with Gasteiger partial charge >= 0.3 is 0 Å². The number of carbonyl (C=O) groups is 2. The molecule has 2 aliphatic rings. The van der Waals surface area contributed by atoms with Crippen molar-refractivity contribution in [2.75, 3.05) is 53.0 Å². The Balaban J connectivity index is 1.81. The zero-order valence-corrected chi connectivity index (χ0v) is 11.6. The molecule has 1 atom stereocenters. The molecule has 1 N–H and O–H groups in total. The molecule has 2 fully saturated rings. The van der Waals surface area contributed by atoms with Gasteiger partial charge in [0.25, 0.3) is 0 Å². The van der Waals surface area contributed by atoms with Crippen LogP contribution in [0.3, 0.4) is 0 Å². The van der Waals surface area contributed by atoms with E-state index in [9.17, 15) is 9.59 Å². The average molecular weight is 269 g/mol. The zero-order valence-electron chi connectivity index (χ0n) is 11.6. The second-order valence-electron chi connectivity index (χ2n) is 5.22. The van der Waals surface area contributed by atoms with Crippen LogP contribution in [-0.4, -0.2) is 74.6 Å². The second kappa shape index (κ2) is 6.86. The van der Waals surface area contributed by atoms with E-state index in [1.54, 1.807) is 7.11 Å². The molecule has 2 saturated heterocycles. The van der Waals surface area contributed by atoms with Gasteiger partial charge in [-0.05, 0) is 13.0 Å². The van der Waals surface area contributed by atoms with Crippen molar-refractivity contribution in [3.63, 3.8) is 0 Å². The van der Waals surface area contributed by atoms with Gasteiger partial charge in [-0.1, -0.05) is 0 Å². The molecule has 2 rings (SSSR count). The Labute approximate surface area is 114 Å². The quantitative estimate of drug-likeness (QED) is 0.733. The molecule has 108 valence electrons. The van der Waals surface area contributed by atoms with Crippen molar-refractivity contribution in [3.8, 4) is 0 Å². The molecule has 2 heterocycles. The molecule has 0 spiro atoms. The van der Waals surface area contributed by atoms with E-state index in [1.807, 2.05) is 4.90 Å². The summed E-state index contributed by atoms with van der Waals surface area (Å²) in [6.45, 7) is 5.61. The van der Waals surface area contributed by atoms with Gasteiger partial charge in [-0.25, -0.2) is 0 Å². The van der Waals surface area contributed by atoms with Gasteiger partial charge in [0.2, 0.25) is 11.8 Å². The lowest BCUT2D eigenvalue weighted by atomic mass is 10.1. The van der Waals surface area contributed by atoms with Crippen LogP contribution in [0.1, 0.15) is 12.8 Å². The number of methoxy groups -OCH3 is 1. The van der Waals surface area contributed by atoms with Crippen LogP contribution in [0.2, 0.25) is 0 Å². The number of carbonyl (C=O) groups excluding carboxylic acids is 2. The van der Waals surface area contributed by atoms with Crippen molar-refractivity contribution in [2.45, 2.75) is 12.8 Å². The zero-order chi connectivity index (χ0) is 13.7. The van der Waals surface area contributed by atoms with Crippen molar-refractivity contribution >= 4 is 11.8 Å². The lowest BCUT2D eigenvalue weighted by Crippen LogP contribution is -2.40. The number of hydrogen-bond acceptors (Lipinski definition) is 4. The number of ether oxygens (including phenoxy) is 1. The minimum Gasteiger partial charge on any atom is -0.383 e. The van der Waals surface area contributed by atoms with E-state index in [0.29, 0.717) is 13.0 Å². The summed E-state index contributed by atoms with van der Waals surface area (Å²) >= 11 is 0. The molecule has 0 bridgehead atoms. The smallest absolute Gasteiger partial charge is 0.228 e. The number of rotatable bonds is 4. The summed E-state index contributed by atoms with van der Waals surface area (Å²) in [6.07, 6.45) is 1.34. The first-order valence-electron chi connectivity index (χ1n) is 6.97. The Morgan fingerprint density at radius 1 is 1.37 bits per heavy atom. The predicted molar refractivity (Wildman–Crippen MR) is 70.6 cm³/mol. The van der Waals surface area contributed by atoms with Crippen LogP contribution in [0.15, 0.2) is 0 Å². The van der Waals surface area contributed by atoms with Crippen LogP contribution in [-0.2, 0) is 14.3 Å². The largest absolute Gasteiger partial charge is 0.383 e. The molecule has 2 amide bonds. The maximum absolute atomic E-state index is 12.3. The summed E-state index contributed by atoms with van der Waals surface area (Å²) in [7, 11) is 1.71. The Bertz CT molecular complexity index is 335. The lowest BCUT2D eigenvalue weighted by molar-refractivity contribution is -0.135. The lowest BCUT2D eigenvalue weighted by Gasteiger charge is -2.23. The molecule has 0 aromatic heterocycles. The van der Waals surface area contributed by atoms with Gasteiger partial charge in [-0.15, -0.1) is 0 Å². The van der Waals surface area contributed by atoms with Crippen molar-refractivity contribution in [1.82, 2.24) is 15.1 Å². The van der Waals surface area contributed by atoms with Crippen LogP contribution >= 0.6 is 0 Å². The molecule has 0 aromatic carbocycles. The molecule has 1 unspecified atom stereocenters. The highest BCUT2D eigenvalue weighted by molar-refractivity contribution is 5.89. The normalized spacial score (nSPS) is 25.2. The monoisotopic (exact) mass is 269 g/mol. The van der Waals surface area contributed by atoms with Crippen molar-refractivity contribution in [2.24, 2.45) is 5.92 Å². The molecule has 2 aliphatic heterocycles. The van der Waals surface area contributed by atoms with E-state index in [4.69, 9.17) is 4.74 Å². The van der Waals surface area contributed by atoms with Gasteiger partial charge in [0.05, 0.1) is 12.5 Å². The molecular weight excluding hydrogens is 246 g/mol. The molecule has 0 saturated carbocycles.